The predicted molar refractivity (Wildman–Crippen MR) is 55.1 cm³/mol. The van der Waals surface area contributed by atoms with Crippen LogP contribution >= 0.6 is 0 Å². The maximum absolute atomic E-state index is 5.70. The van der Waals surface area contributed by atoms with Crippen LogP contribution < -0.4 is 11.1 Å². The summed E-state index contributed by atoms with van der Waals surface area (Å²) in [6, 6.07) is 6.14. The highest BCUT2D eigenvalue weighted by molar-refractivity contribution is 5.90. The maximum Gasteiger partial charge on any atom is 0.232 e. The predicted octanol–water partition coefficient (Wildman–Crippen LogP) is 1.98. The number of nitrogens with one attached hydrogen (secondary N) is 1. The van der Waals surface area contributed by atoms with Crippen LogP contribution in [-0.2, 0) is 0 Å². The van der Waals surface area contributed by atoms with Crippen molar-refractivity contribution < 1.29 is 4.52 Å². The summed E-state index contributed by atoms with van der Waals surface area (Å²) in [6.45, 7) is 0. The van der Waals surface area contributed by atoms with E-state index in [4.69, 9.17) is 10.3 Å². The van der Waals surface area contributed by atoms with Crippen LogP contribution in [0.15, 0.2) is 22.7 Å². The molecule has 1 heterocycles. The first-order valence-electron chi connectivity index (χ1n) is 4.74. The zero-order valence-corrected chi connectivity index (χ0v) is 7.66. The van der Waals surface area contributed by atoms with Crippen molar-refractivity contribution in [2.75, 3.05) is 11.1 Å². The minimum Gasteiger partial charge on any atom is -0.399 e. The molecular formula is C10H11N3O. The van der Waals surface area contributed by atoms with Gasteiger partial charge in [0, 0.05) is 11.7 Å². The van der Waals surface area contributed by atoms with Crippen molar-refractivity contribution in [2.45, 2.75) is 18.9 Å². The van der Waals surface area contributed by atoms with Crippen molar-refractivity contribution in [1.29, 1.82) is 0 Å². The van der Waals surface area contributed by atoms with Gasteiger partial charge < -0.3 is 15.6 Å². The van der Waals surface area contributed by atoms with Crippen LogP contribution in [0, 0.1) is 0 Å². The summed E-state index contributed by atoms with van der Waals surface area (Å²) in [7, 11) is 0. The molecule has 2 aromatic rings. The van der Waals surface area contributed by atoms with Crippen molar-refractivity contribution in [1.82, 2.24) is 5.16 Å². The Kier molecular flexibility index (Phi) is 1.45. The van der Waals surface area contributed by atoms with Gasteiger partial charge in [-0.1, -0.05) is 5.16 Å². The number of nitrogens with two attached hydrogens (primary N) is 1. The van der Waals surface area contributed by atoms with E-state index >= 15 is 0 Å². The number of hydrogen-bond donors (Lipinski definition) is 2. The molecule has 0 atom stereocenters. The first-order valence-corrected chi connectivity index (χ1v) is 4.74. The van der Waals surface area contributed by atoms with Gasteiger partial charge in [-0.3, -0.25) is 0 Å². The van der Waals surface area contributed by atoms with E-state index in [2.05, 4.69) is 10.5 Å². The first kappa shape index (κ1) is 7.67. The molecule has 1 aliphatic rings. The third-order valence-electron chi connectivity index (χ3n) is 2.41. The second kappa shape index (κ2) is 2.64. The second-order valence-corrected chi connectivity index (χ2v) is 3.71. The van der Waals surface area contributed by atoms with Crippen molar-refractivity contribution in [2.24, 2.45) is 0 Å². The van der Waals surface area contributed by atoms with Gasteiger partial charge in [0.25, 0.3) is 0 Å². The lowest BCUT2D eigenvalue weighted by molar-refractivity contribution is 0.440. The fraction of sp³-hybridized carbons (Fsp3) is 0.300. The van der Waals surface area contributed by atoms with Crippen molar-refractivity contribution in [3.63, 3.8) is 0 Å². The van der Waals surface area contributed by atoms with Crippen LogP contribution in [0.4, 0.5) is 11.6 Å². The molecule has 4 heteroatoms. The Hall–Kier alpha value is -1.71. The molecule has 0 saturated heterocycles. The van der Waals surface area contributed by atoms with E-state index < -0.39 is 0 Å². The summed E-state index contributed by atoms with van der Waals surface area (Å²) in [5.41, 5.74) is 7.29. The van der Waals surface area contributed by atoms with Crippen LogP contribution in [0.1, 0.15) is 12.8 Å². The molecule has 1 aliphatic carbocycles. The summed E-state index contributed by atoms with van der Waals surface area (Å²) in [5, 5.41) is 8.20. The van der Waals surface area contributed by atoms with Crippen molar-refractivity contribution >= 4 is 22.5 Å². The van der Waals surface area contributed by atoms with Gasteiger partial charge in [0.1, 0.15) is 5.52 Å². The minimum absolute atomic E-state index is 0.563. The number of aromatic nitrogens is 1. The normalized spacial score (nSPS) is 16.0. The minimum atomic E-state index is 0.563. The summed E-state index contributed by atoms with van der Waals surface area (Å²) >= 11 is 0. The smallest absolute Gasteiger partial charge is 0.232 e. The third kappa shape index (κ3) is 1.19. The van der Waals surface area contributed by atoms with Gasteiger partial charge in [-0.15, -0.1) is 0 Å². The Bertz CT molecular complexity index is 473. The van der Waals surface area contributed by atoms with E-state index in [9.17, 15) is 0 Å². The van der Waals surface area contributed by atoms with Crippen LogP contribution in [0.25, 0.3) is 10.9 Å². The Morgan fingerprint density at radius 2 is 2.29 bits per heavy atom. The summed E-state index contributed by atoms with van der Waals surface area (Å²) in [5.74, 6) is 0.745. The second-order valence-electron chi connectivity index (χ2n) is 3.71. The monoisotopic (exact) mass is 189 g/mol. The molecule has 0 bridgehead atoms. The number of hydrogen-bond acceptors (Lipinski definition) is 4. The average Bonchev–Trinajstić information content (AvgIpc) is 2.90. The third-order valence-corrected chi connectivity index (χ3v) is 2.41. The molecule has 0 amide bonds. The average molecular weight is 189 g/mol. The van der Waals surface area contributed by atoms with Crippen LogP contribution in [0.5, 0.6) is 0 Å². The number of rotatable bonds is 2. The highest BCUT2D eigenvalue weighted by atomic mass is 16.5. The zero-order valence-electron chi connectivity index (χ0n) is 7.66. The lowest BCUT2D eigenvalue weighted by Gasteiger charge is -1.98. The number of nitrogens with zero attached hydrogens (tertiary/aromatic N) is 1. The number of anilines is 2. The van der Waals surface area contributed by atoms with E-state index in [0.29, 0.717) is 6.04 Å². The lowest BCUT2D eigenvalue weighted by Crippen LogP contribution is -1.99. The Morgan fingerprint density at radius 1 is 1.43 bits per heavy atom. The standard InChI is InChI=1S/C10H11N3O/c11-6-1-4-9-8(5-6)10(14-13-9)12-7-2-3-7/h1,4-5,7,12H,2-3,11H2. The van der Waals surface area contributed by atoms with Crippen molar-refractivity contribution in [3.05, 3.63) is 18.2 Å². The first-order chi connectivity index (χ1) is 6.83. The Balaban J connectivity index is 2.08. The molecule has 0 spiro atoms. The molecule has 0 unspecified atom stereocenters. The van der Waals surface area contributed by atoms with E-state index in [0.717, 1.165) is 22.5 Å². The van der Waals surface area contributed by atoms with Gasteiger partial charge in [-0.05, 0) is 31.0 Å². The summed E-state index contributed by atoms with van der Waals surface area (Å²) < 4.78 is 5.20. The van der Waals surface area contributed by atoms with Gasteiger partial charge in [0.2, 0.25) is 5.88 Å². The maximum atomic E-state index is 5.70. The fourth-order valence-corrected chi connectivity index (χ4v) is 1.48. The molecule has 1 fully saturated rings. The SMILES string of the molecule is Nc1ccc2noc(NC3CC3)c2c1. The molecule has 1 aromatic heterocycles. The highest BCUT2D eigenvalue weighted by Gasteiger charge is 2.23. The highest BCUT2D eigenvalue weighted by Crippen LogP contribution is 2.30. The van der Waals surface area contributed by atoms with E-state index in [1.165, 1.54) is 12.8 Å². The van der Waals surface area contributed by atoms with Crippen LogP contribution in [0.3, 0.4) is 0 Å². The van der Waals surface area contributed by atoms with Gasteiger partial charge in [-0.25, -0.2) is 0 Å². The molecule has 1 aromatic carbocycles. The van der Waals surface area contributed by atoms with E-state index in [-0.39, 0.29) is 0 Å². The molecule has 3 N–H and O–H groups in total. The fourth-order valence-electron chi connectivity index (χ4n) is 1.48. The topological polar surface area (TPSA) is 64.1 Å². The van der Waals surface area contributed by atoms with Crippen LogP contribution in [-0.4, -0.2) is 11.2 Å². The van der Waals surface area contributed by atoms with Gasteiger partial charge in [0.05, 0.1) is 5.39 Å². The van der Waals surface area contributed by atoms with Crippen molar-refractivity contribution in [3.8, 4) is 0 Å². The number of nitrogen functional groups attached to an aromatic ring is 1. The Labute approximate surface area is 81.1 Å². The molecule has 1 saturated carbocycles. The van der Waals surface area contributed by atoms with Gasteiger partial charge in [-0.2, -0.15) is 0 Å². The molecule has 14 heavy (non-hydrogen) atoms. The molecular weight excluding hydrogens is 178 g/mol. The van der Waals surface area contributed by atoms with Gasteiger partial charge >= 0.3 is 0 Å². The van der Waals surface area contributed by atoms with E-state index in [1.54, 1.807) is 0 Å². The van der Waals surface area contributed by atoms with Crippen LogP contribution in [0.2, 0.25) is 0 Å². The zero-order chi connectivity index (χ0) is 9.54. The Morgan fingerprint density at radius 3 is 3.07 bits per heavy atom. The molecule has 4 nitrogen and oxygen atoms in total. The molecule has 0 aliphatic heterocycles. The quantitative estimate of drug-likeness (QED) is 0.709. The number of fused-ring (bicyclic) bond motifs is 1. The molecule has 72 valence electrons. The number of benzene rings is 1. The lowest BCUT2D eigenvalue weighted by atomic mass is 10.2. The summed E-state index contributed by atoms with van der Waals surface area (Å²) in [4.78, 5) is 0. The van der Waals surface area contributed by atoms with Gasteiger partial charge in [0.15, 0.2) is 0 Å². The largest absolute Gasteiger partial charge is 0.399 e. The molecule has 0 radical (unpaired) electrons. The van der Waals surface area contributed by atoms with E-state index in [1.807, 2.05) is 18.2 Å². The summed E-state index contributed by atoms with van der Waals surface area (Å²) in [6.07, 6.45) is 2.43. The molecule has 3 rings (SSSR count).